The Hall–Kier alpha value is -2.17. The molecule has 1 atom stereocenters. The van der Waals surface area contributed by atoms with E-state index in [1.165, 1.54) is 11.1 Å². The highest BCUT2D eigenvalue weighted by Crippen LogP contribution is 2.19. The minimum Gasteiger partial charge on any atom is -0.350 e. The molecule has 0 aromatic heterocycles. The quantitative estimate of drug-likeness (QED) is 0.890. The van der Waals surface area contributed by atoms with Gasteiger partial charge >= 0.3 is 0 Å². The van der Waals surface area contributed by atoms with Gasteiger partial charge < -0.3 is 10.6 Å². The van der Waals surface area contributed by atoms with E-state index in [-0.39, 0.29) is 11.9 Å². The van der Waals surface area contributed by atoms with Crippen LogP contribution in [0.4, 0.5) is 0 Å². The fourth-order valence-corrected chi connectivity index (χ4v) is 3.06. The van der Waals surface area contributed by atoms with Crippen molar-refractivity contribution < 1.29 is 4.79 Å². The maximum atomic E-state index is 12.6. The highest BCUT2D eigenvalue weighted by molar-refractivity contribution is 5.83. The smallest absolute Gasteiger partial charge is 0.242 e. The number of rotatable bonds is 5. The number of hydrogen-bond donors (Lipinski definition) is 2. The Morgan fingerprint density at radius 1 is 1.13 bits per heavy atom. The summed E-state index contributed by atoms with van der Waals surface area (Å²) in [4.78, 5) is 14.6. The molecule has 0 fully saturated rings. The maximum Gasteiger partial charge on any atom is 0.242 e. The van der Waals surface area contributed by atoms with Crippen molar-refractivity contribution in [3.05, 3.63) is 70.8 Å². The molecule has 1 aliphatic rings. The molecule has 0 spiro atoms. The van der Waals surface area contributed by atoms with E-state index in [1.54, 1.807) is 0 Å². The lowest BCUT2D eigenvalue weighted by Crippen LogP contribution is -2.36. The van der Waals surface area contributed by atoms with Crippen molar-refractivity contribution in [3.8, 4) is 0 Å². The van der Waals surface area contributed by atoms with Crippen molar-refractivity contribution in [3.63, 3.8) is 0 Å². The Labute approximate surface area is 137 Å². The molecular weight excluding hydrogens is 286 g/mol. The molecule has 2 N–H and O–H groups in total. The molecule has 1 unspecified atom stereocenters. The standard InChI is InChI=1S/C19H23N3O/c1-22(2)18(15-6-4-3-5-7-15)19(23)21-11-14-8-9-16-12-20-13-17(16)10-14/h3-10,18,20H,11-13H2,1-2H3,(H,21,23). The number of hydrogen-bond acceptors (Lipinski definition) is 3. The van der Waals surface area contributed by atoms with E-state index < -0.39 is 0 Å². The summed E-state index contributed by atoms with van der Waals surface area (Å²) in [6, 6.07) is 16.0. The van der Waals surface area contributed by atoms with Crippen LogP contribution < -0.4 is 10.6 Å². The summed E-state index contributed by atoms with van der Waals surface area (Å²) in [5.74, 6) is 0.0276. The maximum absolute atomic E-state index is 12.6. The molecule has 23 heavy (non-hydrogen) atoms. The first-order valence-electron chi connectivity index (χ1n) is 7.95. The first-order valence-corrected chi connectivity index (χ1v) is 7.95. The Morgan fingerprint density at radius 2 is 1.87 bits per heavy atom. The second-order valence-electron chi connectivity index (χ2n) is 6.20. The number of likely N-dealkylation sites (N-methyl/N-ethyl adjacent to an activating group) is 1. The van der Waals surface area contributed by atoms with Crippen LogP contribution in [0.2, 0.25) is 0 Å². The van der Waals surface area contributed by atoms with Gasteiger partial charge in [0.1, 0.15) is 6.04 Å². The van der Waals surface area contributed by atoms with Crippen LogP contribution in [0.25, 0.3) is 0 Å². The molecule has 1 aliphatic heterocycles. The van der Waals surface area contributed by atoms with E-state index in [4.69, 9.17) is 0 Å². The Morgan fingerprint density at radius 3 is 2.61 bits per heavy atom. The summed E-state index contributed by atoms with van der Waals surface area (Å²) in [7, 11) is 3.86. The molecule has 0 saturated carbocycles. The van der Waals surface area contributed by atoms with Gasteiger partial charge in [-0.1, -0.05) is 48.5 Å². The largest absolute Gasteiger partial charge is 0.350 e. The zero-order valence-electron chi connectivity index (χ0n) is 13.7. The highest BCUT2D eigenvalue weighted by Gasteiger charge is 2.22. The van der Waals surface area contributed by atoms with E-state index in [0.29, 0.717) is 6.54 Å². The summed E-state index contributed by atoms with van der Waals surface area (Å²) < 4.78 is 0. The van der Waals surface area contributed by atoms with Gasteiger partial charge in [0.15, 0.2) is 0 Å². The van der Waals surface area contributed by atoms with Crippen molar-refractivity contribution >= 4 is 5.91 Å². The average Bonchev–Trinajstić information content (AvgIpc) is 3.01. The van der Waals surface area contributed by atoms with E-state index in [2.05, 4.69) is 28.8 Å². The van der Waals surface area contributed by atoms with Crippen LogP contribution in [-0.4, -0.2) is 24.9 Å². The molecule has 0 bridgehead atoms. The summed E-state index contributed by atoms with van der Waals surface area (Å²) in [6.07, 6.45) is 0. The van der Waals surface area contributed by atoms with Gasteiger partial charge in [0.2, 0.25) is 5.91 Å². The van der Waals surface area contributed by atoms with Crippen LogP contribution >= 0.6 is 0 Å². The molecule has 120 valence electrons. The third-order valence-electron chi connectivity index (χ3n) is 4.25. The Kier molecular flexibility index (Phi) is 4.74. The second-order valence-corrected chi connectivity index (χ2v) is 6.20. The third kappa shape index (κ3) is 3.60. The summed E-state index contributed by atoms with van der Waals surface area (Å²) in [6.45, 7) is 2.42. The van der Waals surface area contributed by atoms with Crippen molar-refractivity contribution in [2.45, 2.75) is 25.7 Å². The van der Waals surface area contributed by atoms with Crippen LogP contribution in [0, 0.1) is 0 Å². The zero-order valence-corrected chi connectivity index (χ0v) is 13.7. The van der Waals surface area contributed by atoms with Gasteiger partial charge in [-0.2, -0.15) is 0 Å². The SMILES string of the molecule is CN(C)C(C(=O)NCc1ccc2c(c1)CNC2)c1ccccc1. The number of amides is 1. The average molecular weight is 309 g/mol. The zero-order chi connectivity index (χ0) is 16.2. The molecule has 3 rings (SSSR count). The summed E-state index contributed by atoms with van der Waals surface area (Å²) >= 11 is 0. The minimum absolute atomic E-state index is 0.0276. The van der Waals surface area contributed by atoms with E-state index in [9.17, 15) is 4.79 Å². The van der Waals surface area contributed by atoms with Crippen LogP contribution in [0.15, 0.2) is 48.5 Å². The van der Waals surface area contributed by atoms with Gasteiger partial charge in [-0.15, -0.1) is 0 Å². The van der Waals surface area contributed by atoms with Crippen molar-refractivity contribution in [1.82, 2.24) is 15.5 Å². The topological polar surface area (TPSA) is 44.4 Å². The number of nitrogens with one attached hydrogen (secondary N) is 2. The molecule has 1 amide bonds. The van der Waals surface area contributed by atoms with Gasteiger partial charge in [0.25, 0.3) is 0 Å². The van der Waals surface area contributed by atoms with Gasteiger partial charge in [-0.25, -0.2) is 0 Å². The summed E-state index contributed by atoms with van der Waals surface area (Å²) in [5, 5.41) is 6.41. The molecule has 2 aromatic carbocycles. The number of carbonyl (C=O) groups is 1. The molecule has 1 heterocycles. The number of nitrogens with zero attached hydrogens (tertiary/aromatic N) is 1. The first-order chi connectivity index (χ1) is 11.1. The van der Waals surface area contributed by atoms with Gasteiger partial charge in [-0.05, 0) is 36.3 Å². The van der Waals surface area contributed by atoms with E-state index in [1.807, 2.05) is 49.3 Å². The molecular formula is C19H23N3O. The van der Waals surface area contributed by atoms with Gasteiger partial charge in [-0.3, -0.25) is 9.69 Å². The molecule has 0 saturated heterocycles. The van der Waals surface area contributed by atoms with Crippen molar-refractivity contribution in [2.24, 2.45) is 0 Å². The molecule has 4 heteroatoms. The molecule has 2 aromatic rings. The molecule has 0 aliphatic carbocycles. The minimum atomic E-state index is -0.271. The predicted molar refractivity (Wildman–Crippen MR) is 91.7 cm³/mol. The lowest BCUT2D eigenvalue weighted by atomic mass is 10.0. The molecule has 4 nitrogen and oxygen atoms in total. The third-order valence-corrected chi connectivity index (χ3v) is 4.25. The molecule has 0 radical (unpaired) electrons. The summed E-state index contributed by atoms with van der Waals surface area (Å²) in [5.41, 5.74) is 4.85. The van der Waals surface area contributed by atoms with E-state index in [0.717, 1.165) is 24.2 Å². The van der Waals surface area contributed by atoms with Crippen LogP contribution in [0.5, 0.6) is 0 Å². The van der Waals surface area contributed by atoms with Crippen molar-refractivity contribution in [2.75, 3.05) is 14.1 Å². The van der Waals surface area contributed by atoms with Crippen molar-refractivity contribution in [1.29, 1.82) is 0 Å². The second kappa shape index (κ2) is 6.94. The predicted octanol–water partition coefficient (Wildman–Crippen LogP) is 2.21. The number of benzene rings is 2. The van der Waals surface area contributed by atoms with Gasteiger partial charge in [0, 0.05) is 19.6 Å². The Balaban J connectivity index is 1.68. The fourth-order valence-electron chi connectivity index (χ4n) is 3.06. The highest BCUT2D eigenvalue weighted by atomic mass is 16.2. The number of carbonyl (C=O) groups excluding carboxylic acids is 1. The fraction of sp³-hybridized carbons (Fsp3) is 0.316. The first kappa shape index (κ1) is 15.7. The monoisotopic (exact) mass is 309 g/mol. The van der Waals surface area contributed by atoms with Crippen LogP contribution in [0.1, 0.15) is 28.3 Å². The van der Waals surface area contributed by atoms with Gasteiger partial charge in [0.05, 0.1) is 0 Å². The van der Waals surface area contributed by atoms with Crippen LogP contribution in [-0.2, 0) is 24.4 Å². The van der Waals surface area contributed by atoms with Crippen LogP contribution in [0.3, 0.4) is 0 Å². The lowest BCUT2D eigenvalue weighted by Gasteiger charge is -2.24. The number of fused-ring (bicyclic) bond motifs is 1. The normalized spacial score (nSPS) is 14.6. The Bertz CT molecular complexity index is 682. The van der Waals surface area contributed by atoms with E-state index >= 15 is 0 Å². The lowest BCUT2D eigenvalue weighted by molar-refractivity contribution is -0.125.